The summed E-state index contributed by atoms with van der Waals surface area (Å²) >= 11 is 0. The fourth-order valence-corrected chi connectivity index (χ4v) is 6.76. The Morgan fingerprint density at radius 1 is 1.13 bits per heavy atom. The van der Waals surface area contributed by atoms with Crippen molar-refractivity contribution >= 4 is 19.9 Å². The zero-order valence-electron chi connectivity index (χ0n) is 8.42. The number of sulfone groups is 1. The van der Waals surface area contributed by atoms with Crippen LogP contribution in [0.15, 0.2) is 0 Å². The van der Waals surface area contributed by atoms with Gasteiger partial charge >= 0.3 is 0 Å². The quantitative estimate of drug-likeness (QED) is 0.671. The molecule has 0 N–H and O–H groups in total. The first-order chi connectivity index (χ1) is 6.92. The molecule has 15 heavy (non-hydrogen) atoms. The van der Waals surface area contributed by atoms with Crippen LogP contribution < -0.4 is 0 Å². The van der Waals surface area contributed by atoms with Crippen molar-refractivity contribution in [2.75, 3.05) is 24.6 Å². The molecule has 2 heterocycles. The summed E-state index contributed by atoms with van der Waals surface area (Å²) in [4.78, 5) is 0. The van der Waals surface area contributed by atoms with E-state index in [0.29, 0.717) is 13.1 Å². The molecule has 5 nitrogen and oxygen atoms in total. The Morgan fingerprint density at radius 2 is 1.73 bits per heavy atom. The van der Waals surface area contributed by atoms with Crippen LogP contribution in [0, 0.1) is 0 Å². The van der Waals surface area contributed by atoms with Crippen molar-refractivity contribution in [3.05, 3.63) is 0 Å². The summed E-state index contributed by atoms with van der Waals surface area (Å²) in [6.07, 6.45) is 2.04. The summed E-state index contributed by atoms with van der Waals surface area (Å²) in [6.45, 7) is 1.11. The van der Waals surface area contributed by atoms with E-state index in [0.717, 1.165) is 12.8 Å². The Labute approximate surface area is 90.4 Å². The van der Waals surface area contributed by atoms with Crippen molar-refractivity contribution in [1.82, 2.24) is 4.31 Å². The molecule has 0 radical (unpaired) electrons. The van der Waals surface area contributed by atoms with E-state index in [2.05, 4.69) is 0 Å². The van der Waals surface area contributed by atoms with Crippen LogP contribution in [-0.4, -0.2) is 51.0 Å². The topological polar surface area (TPSA) is 71.5 Å². The molecule has 2 saturated heterocycles. The molecule has 7 heteroatoms. The number of hydrogen-bond acceptors (Lipinski definition) is 4. The lowest BCUT2D eigenvalue weighted by Gasteiger charge is -2.19. The summed E-state index contributed by atoms with van der Waals surface area (Å²) in [5, 5.41) is -0.694. The summed E-state index contributed by atoms with van der Waals surface area (Å²) in [5.41, 5.74) is 0. The van der Waals surface area contributed by atoms with E-state index in [1.807, 2.05) is 0 Å². The Morgan fingerprint density at radius 3 is 2.20 bits per heavy atom. The molecule has 2 aliphatic heterocycles. The maximum absolute atomic E-state index is 12.0. The predicted molar refractivity (Wildman–Crippen MR) is 56.8 cm³/mol. The largest absolute Gasteiger partial charge is 0.229 e. The Balaban J connectivity index is 2.17. The minimum Gasteiger partial charge on any atom is -0.229 e. The molecule has 0 aromatic heterocycles. The van der Waals surface area contributed by atoms with E-state index in [1.54, 1.807) is 0 Å². The van der Waals surface area contributed by atoms with Gasteiger partial charge in [-0.1, -0.05) is 0 Å². The fraction of sp³-hybridized carbons (Fsp3) is 1.00. The first-order valence-electron chi connectivity index (χ1n) is 5.11. The Kier molecular flexibility index (Phi) is 2.81. The molecular formula is C8H15NO4S2. The third kappa shape index (κ3) is 2.19. The van der Waals surface area contributed by atoms with E-state index < -0.39 is 25.1 Å². The second-order valence-electron chi connectivity index (χ2n) is 4.18. The molecule has 2 aliphatic rings. The van der Waals surface area contributed by atoms with Crippen molar-refractivity contribution < 1.29 is 16.8 Å². The number of rotatable bonds is 2. The molecule has 0 amide bonds. The number of hydrogen-bond donors (Lipinski definition) is 0. The van der Waals surface area contributed by atoms with Gasteiger partial charge < -0.3 is 0 Å². The third-order valence-electron chi connectivity index (χ3n) is 3.04. The van der Waals surface area contributed by atoms with Crippen LogP contribution in [0.3, 0.4) is 0 Å². The molecule has 2 fully saturated rings. The first kappa shape index (κ1) is 11.3. The van der Waals surface area contributed by atoms with E-state index in [-0.39, 0.29) is 17.9 Å². The normalized spacial score (nSPS) is 32.1. The van der Waals surface area contributed by atoms with Gasteiger partial charge in [-0.3, -0.25) is 0 Å². The van der Waals surface area contributed by atoms with Crippen LogP contribution in [-0.2, 0) is 19.9 Å². The highest BCUT2D eigenvalue weighted by atomic mass is 32.2. The Bertz CT molecular complexity index is 433. The molecule has 0 spiro atoms. The molecular weight excluding hydrogens is 238 g/mol. The second-order valence-corrected chi connectivity index (χ2v) is 8.62. The van der Waals surface area contributed by atoms with Crippen LogP contribution in [0.25, 0.3) is 0 Å². The highest BCUT2D eigenvalue weighted by molar-refractivity contribution is 7.95. The average molecular weight is 253 g/mol. The molecule has 2 rings (SSSR count). The van der Waals surface area contributed by atoms with Gasteiger partial charge in [-0.2, -0.15) is 0 Å². The zero-order valence-corrected chi connectivity index (χ0v) is 10.1. The zero-order chi connectivity index (χ0) is 11.1. The molecule has 0 saturated carbocycles. The average Bonchev–Trinajstić information content (AvgIpc) is 2.72. The van der Waals surface area contributed by atoms with Crippen LogP contribution in [0.2, 0.25) is 0 Å². The SMILES string of the molecule is O=S1(=O)CCC(S(=O)(=O)N2CCCC2)C1. The lowest BCUT2D eigenvalue weighted by Crippen LogP contribution is -2.37. The number of nitrogens with zero attached hydrogens (tertiary/aromatic N) is 1. The van der Waals surface area contributed by atoms with E-state index >= 15 is 0 Å². The van der Waals surface area contributed by atoms with Gasteiger partial charge in [0.05, 0.1) is 16.8 Å². The van der Waals surface area contributed by atoms with Crippen LogP contribution in [0.5, 0.6) is 0 Å². The van der Waals surface area contributed by atoms with Crippen LogP contribution >= 0.6 is 0 Å². The third-order valence-corrected chi connectivity index (χ3v) is 7.35. The number of sulfonamides is 1. The van der Waals surface area contributed by atoms with Gasteiger partial charge in [0.25, 0.3) is 0 Å². The van der Waals surface area contributed by atoms with E-state index in [4.69, 9.17) is 0 Å². The van der Waals surface area contributed by atoms with Gasteiger partial charge in [0.2, 0.25) is 10.0 Å². The van der Waals surface area contributed by atoms with Gasteiger partial charge in [0.15, 0.2) is 9.84 Å². The van der Waals surface area contributed by atoms with Crippen molar-refractivity contribution in [1.29, 1.82) is 0 Å². The first-order valence-corrected chi connectivity index (χ1v) is 8.44. The minimum absolute atomic E-state index is 0.0186. The second kappa shape index (κ2) is 3.71. The smallest absolute Gasteiger partial charge is 0.218 e. The highest BCUT2D eigenvalue weighted by Gasteiger charge is 2.40. The summed E-state index contributed by atoms with van der Waals surface area (Å²) in [7, 11) is -6.47. The van der Waals surface area contributed by atoms with Crippen molar-refractivity contribution in [2.24, 2.45) is 0 Å². The standard InChI is InChI=1S/C8H15NO4S2/c10-14(11)6-3-8(7-14)15(12,13)9-4-1-2-5-9/h8H,1-7H2. The highest BCUT2D eigenvalue weighted by Crippen LogP contribution is 2.24. The van der Waals surface area contributed by atoms with Crippen molar-refractivity contribution in [3.8, 4) is 0 Å². The lowest BCUT2D eigenvalue weighted by molar-refractivity contribution is 0.467. The molecule has 1 atom stereocenters. The summed E-state index contributed by atoms with van der Waals surface area (Å²) in [5.74, 6) is -0.170. The summed E-state index contributed by atoms with van der Waals surface area (Å²) < 4.78 is 47.9. The van der Waals surface area contributed by atoms with Crippen LogP contribution in [0.4, 0.5) is 0 Å². The minimum atomic E-state index is -3.36. The molecule has 0 bridgehead atoms. The van der Waals surface area contributed by atoms with E-state index in [1.165, 1.54) is 4.31 Å². The van der Waals surface area contributed by atoms with Gasteiger partial charge in [-0.25, -0.2) is 21.1 Å². The summed E-state index contributed by atoms with van der Waals surface area (Å²) in [6, 6.07) is 0. The van der Waals surface area contributed by atoms with E-state index in [9.17, 15) is 16.8 Å². The molecule has 0 aromatic rings. The Hall–Kier alpha value is -0.140. The molecule has 88 valence electrons. The molecule has 1 unspecified atom stereocenters. The molecule has 0 aromatic carbocycles. The maximum atomic E-state index is 12.0. The molecule has 0 aliphatic carbocycles. The van der Waals surface area contributed by atoms with Gasteiger partial charge in [-0.05, 0) is 19.3 Å². The van der Waals surface area contributed by atoms with Crippen molar-refractivity contribution in [2.45, 2.75) is 24.5 Å². The fourth-order valence-electron chi connectivity index (χ4n) is 2.15. The monoisotopic (exact) mass is 253 g/mol. The predicted octanol–water partition coefficient (Wildman–Crippen LogP) is -0.401. The van der Waals surface area contributed by atoms with Gasteiger partial charge in [0.1, 0.15) is 0 Å². The lowest BCUT2D eigenvalue weighted by atomic mass is 10.4. The van der Waals surface area contributed by atoms with Crippen LogP contribution in [0.1, 0.15) is 19.3 Å². The van der Waals surface area contributed by atoms with Gasteiger partial charge in [-0.15, -0.1) is 0 Å². The van der Waals surface area contributed by atoms with Gasteiger partial charge in [0, 0.05) is 13.1 Å². The van der Waals surface area contributed by atoms with Crippen molar-refractivity contribution in [3.63, 3.8) is 0 Å². The maximum Gasteiger partial charge on any atom is 0.218 e.